The molecule has 0 radical (unpaired) electrons. The molecule has 0 unspecified atom stereocenters. The molecule has 0 aliphatic rings. The molecule has 0 amide bonds. The third-order valence-corrected chi connectivity index (χ3v) is 4.48. The molecule has 0 aliphatic carbocycles. The zero-order valence-electron chi connectivity index (χ0n) is 17.5. The van der Waals surface area contributed by atoms with E-state index >= 15 is 0 Å². The van der Waals surface area contributed by atoms with Gasteiger partial charge in [0.2, 0.25) is 5.82 Å². The van der Waals surface area contributed by atoms with Gasteiger partial charge >= 0.3 is 5.97 Å². The van der Waals surface area contributed by atoms with Crippen LogP contribution < -0.4 is 5.32 Å². The number of hydrogen-bond donors (Lipinski definition) is 2. The molecule has 0 bridgehead atoms. The fraction of sp³-hybridized carbons (Fsp3) is 0.429. The summed E-state index contributed by atoms with van der Waals surface area (Å²) < 4.78 is 12.8. The number of nitrogens with one attached hydrogen (secondary N) is 1. The van der Waals surface area contributed by atoms with Gasteiger partial charge in [-0.2, -0.15) is 10.1 Å². The SMILES string of the molecule is COCc1c(-c2nc(-c3ccc(CNCCC(=O)O)cc3)no2)cnn1CC(C)C. The summed E-state index contributed by atoms with van der Waals surface area (Å²) in [5.74, 6) is 0.541. The number of hydrogen-bond acceptors (Lipinski definition) is 7. The van der Waals surface area contributed by atoms with Crippen LogP contribution in [0.4, 0.5) is 0 Å². The van der Waals surface area contributed by atoms with E-state index in [1.807, 2.05) is 28.9 Å². The maximum atomic E-state index is 10.5. The Labute approximate surface area is 175 Å². The van der Waals surface area contributed by atoms with Gasteiger partial charge in [-0.3, -0.25) is 9.48 Å². The summed E-state index contributed by atoms with van der Waals surface area (Å²) in [5, 5.41) is 20.3. The molecule has 2 N–H and O–H groups in total. The van der Waals surface area contributed by atoms with Crippen LogP contribution in [0, 0.1) is 5.92 Å². The third-order valence-electron chi connectivity index (χ3n) is 4.48. The standard InChI is InChI=1S/C21H27N5O4/c1-14(2)12-26-18(13-29-3)17(11-23-26)21-24-20(25-30-21)16-6-4-15(5-7-16)10-22-9-8-19(27)28/h4-7,11,14,22H,8-10,12-13H2,1-3H3,(H,27,28). The lowest BCUT2D eigenvalue weighted by Gasteiger charge is -2.09. The number of benzene rings is 1. The van der Waals surface area contributed by atoms with Crippen LogP contribution in [0.15, 0.2) is 35.0 Å². The van der Waals surface area contributed by atoms with Gasteiger partial charge in [0.05, 0.1) is 30.5 Å². The first-order valence-electron chi connectivity index (χ1n) is 9.87. The van der Waals surface area contributed by atoms with Crippen molar-refractivity contribution in [3.8, 4) is 22.8 Å². The van der Waals surface area contributed by atoms with Crippen molar-refractivity contribution in [1.82, 2.24) is 25.2 Å². The third kappa shape index (κ3) is 5.52. The van der Waals surface area contributed by atoms with E-state index in [0.717, 1.165) is 28.9 Å². The highest BCUT2D eigenvalue weighted by molar-refractivity contribution is 5.66. The second-order valence-electron chi connectivity index (χ2n) is 7.45. The summed E-state index contributed by atoms with van der Waals surface area (Å²) in [5.41, 5.74) is 3.56. The van der Waals surface area contributed by atoms with Gasteiger partial charge in [-0.1, -0.05) is 43.3 Å². The molecule has 0 atom stereocenters. The number of aliphatic carboxylic acids is 1. The maximum absolute atomic E-state index is 10.5. The van der Waals surface area contributed by atoms with E-state index in [9.17, 15) is 4.79 Å². The number of nitrogens with zero attached hydrogens (tertiary/aromatic N) is 4. The lowest BCUT2D eigenvalue weighted by molar-refractivity contribution is -0.136. The van der Waals surface area contributed by atoms with Crippen molar-refractivity contribution < 1.29 is 19.2 Å². The Hall–Kier alpha value is -3.04. The molecule has 0 saturated carbocycles. The predicted molar refractivity (Wildman–Crippen MR) is 110 cm³/mol. The van der Waals surface area contributed by atoms with E-state index in [4.69, 9.17) is 14.4 Å². The Morgan fingerprint density at radius 2 is 2.07 bits per heavy atom. The van der Waals surface area contributed by atoms with Crippen LogP contribution in [0.25, 0.3) is 22.8 Å². The highest BCUT2D eigenvalue weighted by Gasteiger charge is 2.19. The Morgan fingerprint density at radius 1 is 1.30 bits per heavy atom. The van der Waals surface area contributed by atoms with E-state index in [1.165, 1.54) is 0 Å². The molecule has 30 heavy (non-hydrogen) atoms. The summed E-state index contributed by atoms with van der Waals surface area (Å²) in [4.78, 5) is 15.1. The first-order chi connectivity index (χ1) is 14.5. The van der Waals surface area contributed by atoms with Crippen LogP contribution >= 0.6 is 0 Å². The number of methoxy groups -OCH3 is 1. The van der Waals surface area contributed by atoms with Crippen molar-refractivity contribution >= 4 is 5.97 Å². The minimum absolute atomic E-state index is 0.0997. The lowest BCUT2D eigenvalue weighted by atomic mass is 10.1. The van der Waals surface area contributed by atoms with Crippen LogP contribution in [-0.4, -0.2) is 44.7 Å². The fourth-order valence-corrected chi connectivity index (χ4v) is 3.03. The van der Waals surface area contributed by atoms with E-state index in [0.29, 0.717) is 37.3 Å². The van der Waals surface area contributed by atoms with Crippen LogP contribution in [0.2, 0.25) is 0 Å². The minimum atomic E-state index is -0.811. The monoisotopic (exact) mass is 413 g/mol. The van der Waals surface area contributed by atoms with E-state index in [2.05, 4.69) is 34.4 Å². The van der Waals surface area contributed by atoms with Crippen LogP contribution in [-0.2, 0) is 29.2 Å². The van der Waals surface area contributed by atoms with Crippen molar-refractivity contribution in [2.75, 3.05) is 13.7 Å². The highest BCUT2D eigenvalue weighted by atomic mass is 16.5. The molecule has 9 nitrogen and oxygen atoms in total. The van der Waals surface area contributed by atoms with Gasteiger partial charge in [-0.15, -0.1) is 0 Å². The smallest absolute Gasteiger partial charge is 0.304 e. The Morgan fingerprint density at radius 3 is 2.73 bits per heavy atom. The fourth-order valence-electron chi connectivity index (χ4n) is 3.03. The summed E-state index contributed by atoms with van der Waals surface area (Å²) in [6.07, 6.45) is 1.84. The minimum Gasteiger partial charge on any atom is -0.481 e. The normalized spacial score (nSPS) is 11.3. The summed E-state index contributed by atoms with van der Waals surface area (Å²) >= 11 is 0. The van der Waals surface area contributed by atoms with Crippen molar-refractivity contribution in [3.05, 3.63) is 41.7 Å². The molecular formula is C21H27N5O4. The molecule has 160 valence electrons. The second kappa shape index (κ2) is 10.1. The molecule has 2 heterocycles. The average Bonchev–Trinajstić information content (AvgIpc) is 3.33. The molecule has 0 saturated heterocycles. The van der Waals surface area contributed by atoms with Gasteiger partial charge in [0.15, 0.2) is 0 Å². The van der Waals surface area contributed by atoms with Crippen molar-refractivity contribution in [1.29, 1.82) is 0 Å². The predicted octanol–water partition coefficient (Wildman–Crippen LogP) is 2.97. The number of carboxylic acid groups (broad SMARTS) is 1. The summed E-state index contributed by atoms with van der Waals surface area (Å²) in [7, 11) is 1.65. The lowest BCUT2D eigenvalue weighted by Crippen LogP contribution is -2.17. The molecule has 1 aromatic carbocycles. The zero-order chi connectivity index (χ0) is 21.5. The number of carbonyl (C=O) groups is 1. The molecule has 0 spiro atoms. The highest BCUT2D eigenvalue weighted by Crippen LogP contribution is 2.26. The molecule has 2 aromatic heterocycles. The molecule has 0 fully saturated rings. The molecule has 3 aromatic rings. The van der Waals surface area contributed by atoms with Gasteiger partial charge in [0.1, 0.15) is 0 Å². The summed E-state index contributed by atoms with van der Waals surface area (Å²) in [6.45, 7) is 6.48. The Kier molecular flexibility index (Phi) is 7.31. The van der Waals surface area contributed by atoms with Crippen molar-refractivity contribution in [3.63, 3.8) is 0 Å². The molecule has 3 rings (SSSR count). The van der Waals surface area contributed by atoms with Crippen LogP contribution in [0.3, 0.4) is 0 Å². The quantitative estimate of drug-likeness (QED) is 0.461. The Bertz CT molecular complexity index is 962. The van der Waals surface area contributed by atoms with Gasteiger partial charge in [-0.25, -0.2) is 0 Å². The molecular weight excluding hydrogens is 386 g/mol. The van der Waals surface area contributed by atoms with Crippen molar-refractivity contribution in [2.45, 2.75) is 40.0 Å². The van der Waals surface area contributed by atoms with E-state index < -0.39 is 5.97 Å². The number of aromatic nitrogens is 4. The van der Waals surface area contributed by atoms with Crippen LogP contribution in [0.1, 0.15) is 31.5 Å². The van der Waals surface area contributed by atoms with Gasteiger partial charge in [0.25, 0.3) is 5.89 Å². The average molecular weight is 413 g/mol. The zero-order valence-corrected chi connectivity index (χ0v) is 17.5. The summed E-state index contributed by atoms with van der Waals surface area (Å²) in [6, 6.07) is 7.74. The largest absolute Gasteiger partial charge is 0.481 e. The first kappa shape index (κ1) is 21.7. The topological polar surface area (TPSA) is 115 Å². The van der Waals surface area contributed by atoms with Crippen LogP contribution in [0.5, 0.6) is 0 Å². The number of ether oxygens (including phenoxy) is 1. The number of rotatable bonds is 11. The molecule has 0 aliphatic heterocycles. The van der Waals surface area contributed by atoms with E-state index in [-0.39, 0.29) is 6.42 Å². The molecule has 9 heteroatoms. The van der Waals surface area contributed by atoms with Gasteiger partial charge in [0, 0.05) is 32.3 Å². The number of carboxylic acids is 1. The van der Waals surface area contributed by atoms with Gasteiger partial charge < -0.3 is 19.7 Å². The van der Waals surface area contributed by atoms with Gasteiger partial charge in [-0.05, 0) is 11.5 Å². The van der Waals surface area contributed by atoms with E-state index in [1.54, 1.807) is 13.3 Å². The first-order valence-corrected chi connectivity index (χ1v) is 9.87. The van der Waals surface area contributed by atoms with Crippen molar-refractivity contribution in [2.24, 2.45) is 5.92 Å². The maximum Gasteiger partial charge on any atom is 0.304 e. The Balaban J connectivity index is 1.72. The second-order valence-corrected chi connectivity index (χ2v) is 7.45.